The molecule has 0 saturated carbocycles. The molecule has 1 amide bonds. The van der Waals surface area contributed by atoms with Gasteiger partial charge in [0, 0.05) is 14.5 Å². The second-order valence-corrected chi connectivity index (χ2v) is 9.62. The maximum absolute atomic E-state index is 13.1. The Morgan fingerprint density at radius 2 is 1.11 bits per heavy atom. The molecular formula is C28H19Br2N5O3. The lowest BCUT2D eigenvalue weighted by molar-refractivity contribution is 0.0953. The summed E-state index contributed by atoms with van der Waals surface area (Å²) in [6.45, 7) is 0. The first kappa shape index (κ1) is 25.4. The number of carbonyl (C=O) groups excluding carboxylic acids is 1. The highest BCUT2D eigenvalue weighted by Crippen LogP contribution is 2.29. The summed E-state index contributed by atoms with van der Waals surface area (Å²) in [7, 11) is 0. The average Bonchev–Trinajstić information content (AvgIpc) is 2.95. The smallest absolute Gasteiger partial charge is 0.330 e. The van der Waals surface area contributed by atoms with Crippen molar-refractivity contribution in [2.24, 2.45) is 0 Å². The van der Waals surface area contributed by atoms with E-state index in [1.807, 2.05) is 60.7 Å². The lowest BCUT2D eigenvalue weighted by atomic mass is 10.2. The Hall–Kier alpha value is -4.28. The predicted molar refractivity (Wildman–Crippen MR) is 151 cm³/mol. The van der Waals surface area contributed by atoms with Crippen LogP contribution in [0.2, 0.25) is 0 Å². The number of ether oxygens (including phenoxy) is 2. The van der Waals surface area contributed by atoms with E-state index in [1.54, 1.807) is 48.5 Å². The lowest BCUT2D eigenvalue weighted by Gasteiger charge is -2.23. The highest BCUT2D eigenvalue weighted by atomic mass is 79.9. The van der Waals surface area contributed by atoms with E-state index in [-0.39, 0.29) is 23.9 Å². The summed E-state index contributed by atoms with van der Waals surface area (Å²) in [5.74, 6) is 0.773. The van der Waals surface area contributed by atoms with Gasteiger partial charge in [0.1, 0.15) is 11.5 Å². The van der Waals surface area contributed by atoms with Gasteiger partial charge in [0.2, 0.25) is 0 Å². The maximum atomic E-state index is 13.1. The summed E-state index contributed by atoms with van der Waals surface area (Å²) < 4.78 is 13.7. The van der Waals surface area contributed by atoms with E-state index in [0.717, 1.165) is 8.95 Å². The zero-order chi connectivity index (χ0) is 26.3. The first-order valence-electron chi connectivity index (χ1n) is 11.4. The molecule has 0 aliphatic carbocycles. The van der Waals surface area contributed by atoms with E-state index >= 15 is 0 Å². The van der Waals surface area contributed by atoms with E-state index in [4.69, 9.17) is 9.47 Å². The molecule has 0 spiro atoms. The highest BCUT2D eigenvalue weighted by Gasteiger charge is 2.21. The number of nitrogens with zero attached hydrogens (tertiary/aromatic N) is 4. The van der Waals surface area contributed by atoms with Crippen LogP contribution in [0.15, 0.2) is 118 Å². The van der Waals surface area contributed by atoms with Gasteiger partial charge in [0.15, 0.2) is 0 Å². The van der Waals surface area contributed by atoms with Crippen molar-refractivity contribution in [3.63, 3.8) is 0 Å². The van der Waals surface area contributed by atoms with Gasteiger partial charge in [0.05, 0.1) is 5.69 Å². The Labute approximate surface area is 235 Å². The topological polar surface area (TPSA) is 89.5 Å². The number of benzene rings is 4. The molecule has 0 bridgehead atoms. The second kappa shape index (κ2) is 11.8. The molecule has 4 aromatic carbocycles. The van der Waals surface area contributed by atoms with Crippen LogP contribution < -0.4 is 19.9 Å². The fraction of sp³-hybridized carbons (Fsp3) is 0. The van der Waals surface area contributed by atoms with Gasteiger partial charge in [-0.25, -0.2) is 5.01 Å². The van der Waals surface area contributed by atoms with Crippen molar-refractivity contribution in [2.45, 2.75) is 0 Å². The van der Waals surface area contributed by atoms with Crippen molar-refractivity contribution >= 4 is 49.4 Å². The number of hydrazine groups is 1. The minimum atomic E-state index is -0.347. The molecule has 1 aromatic heterocycles. The number of hydrogen-bond donors (Lipinski definition) is 1. The molecule has 10 heteroatoms. The molecule has 1 heterocycles. The number of hydrogen-bond acceptors (Lipinski definition) is 7. The number of aromatic nitrogens is 3. The van der Waals surface area contributed by atoms with Gasteiger partial charge in [-0.05, 0) is 72.8 Å². The third-order valence-electron chi connectivity index (χ3n) is 5.09. The van der Waals surface area contributed by atoms with Crippen molar-refractivity contribution in [1.29, 1.82) is 0 Å². The molecule has 0 aliphatic rings. The van der Waals surface area contributed by atoms with Crippen LogP contribution in [0.4, 0.5) is 11.6 Å². The van der Waals surface area contributed by atoms with E-state index in [1.165, 1.54) is 5.01 Å². The second-order valence-electron chi connectivity index (χ2n) is 7.79. The van der Waals surface area contributed by atoms with Crippen LogP contribution in [0.5, 0.6) is 23.5 Å². The average molecular weight is 633 g/mol. The van der Waals surface area contributed by atoms with Crippen LogP contribution in [0.25, 0.3) is 0 Å². The van der Waals surface area contributed by atoms with Gasteiger partial charge < -0.3 is 9.47 Å². The molecule has 5 aromatic rings. The third kappa shape index (κ3) is 6.53. The number of para-hydroxylation sites is 1. The first-order valence-corrected chi connectivity index (χ1v) is 13.0. The molecule has 0 atom stereocenters. The first-order chi connectivity index (χ1) is 18.5. The summed E-state index contributed by atoms with van der Waals surface area (Å²) in [5.41, 5.74) is 3.97. The summed E-state index contributed by atoms with van der Waals surface area (Å²) in [6.07, 6.45) is 0. The van der Waals surface area contributed by atoms with Crippen LogP contribution >= 0.6 is 31.9 Å². The molecule has 0 unspecified atom stereocenters. The van der Waals surface area contributed by atoms with Crippen LogP contribution in [-0.2, 0) is 0 Å². The molecule has 188 valence electrons. The minimum absolute atomic E-state index is 0.0145. The number of anilines is 2. The Balaban J connectivity index is 1.55. The fourth-order valence-electron chi connectivity index (χ4n) is 3.30. The van der Waals surface area contributed by atoms with E-state index < -0.39 is 0 Å². The molecule has 0 radical (unpaired) electrons. The molecular weight excluding hydrogens is 614 g/mol. The summed E-state index contributed by atoms with van der Waals surface area (Å²) in [6, 6.07) is 32.5. The number of carbonyl (C=O) groups is 1. The molecule has 8 nitrogen and oxygen atoms in total. The highest BCUT2D eigenvalue weighted by molar-refractivity contribution is 9.10. The molecule has 38 heavy (non-hydrogen) atoms. The van der Waals surface area contributed by atoms with Gasteiger partial charge in [-0.3, -0.25) is 10.2 Å². The summed E-state index contributed by atoms with van der Waals surface area (Å²) >= 11 is 6.83. The van der Waals surface area contributed by atoms with E-state index in [9.17, 15) is 4.79 Å². The van der Waals surface area contributed by atoms with Crippen LogP contribution in [0, 0.1) is 0 Å². The Bertz CT molecular complexity index is 1450. The Kier molecular flexibility index (Phi) is 7.91. The summed E-state index contributed by atoms with van der Waals surface area (Å²) in [4.78, 5) is 26.5. The zero-order valence-electron chi connectivity index (χ0n) is 19.7. The number of halogens is 2. The van der Waals surface area contributed by atoms with Crippen molar-refractivity contribution in [1.82, 2.24) is 20.4 Å². The van der Waals surface area contributed by atoms with Crippen molar-refractivity contribution in [2.75, 3.05) is 5.01 Å². The quantitative estimate of drug-likeness (QED) is 0.178. The Morgan fingerprint density at radius 1 is 0.632 bits per heavy atom. The largest absolute Gasteiger partial charge is 0.424 e. The lowest BCUT2D eigenvalue weighted by Crippen LogP contribution is -2.40. The van der Waals surface area contributed by atoms with Crippen molar-refractivity contribution < 1.29 is 14.3 Å². The normalized spacial score (nSPS) is 10.5. The van der Waals surface area contributed by atoms with Crippen LogP contribution in [0.1, 0.15) is 10.4 Å². The minimum Gasteiger partial charge on any atom is -0.424 e. The zero-order valence-corrected chi connectivity index (χ0v) is 22.8. The Morgan fingerprint density at radius 3 is 1.61 bits per heavy atom. The summed E-state index contributed by atoms with van der Waals surface area (Å²) in [5, 5.41) is 1.46. The van der Waals surface area contributed by atoms with Crippen molar-refractivity contribution in [3.05, 3.63) is 124 Å². The molecule has 0 fully saturated rings. The van der Waals surface area contributed by atoms with Crippen LogP contribution in [-0.4, -0.2) is 20.9 Å². The fourth-order valence-corrected chi connectivity index (χ4v) is 3.83. The van der Waals surface area contributed by atoms with Gasteiger partial charge in [-0.15, -0.1) is 4.98 Å². The number of amides is 1. The van der Waals surface area contributed by atoms with Gasteiger partial charge in [0.25, 0.3) is 11.9 Å². The van der Waals surface area contributed by atoms with Gasteiger partial charge in [-0.2, -0.15) is 9.97 Å². The molecule has 0 saturated heterocycles. The van der Waals surface area contributed by atoms with Gasteiger partial charge in [-0.1, -0.05) is 68.3 Å². The number of nitrogens with one attached hydrogen (secondary N) is 1. The van der Waals surface area contributed by atoms with E-state index in [0.29, 0.717) is 22.7 Å². The van der Waals surface area contributed by atoms with E-state index in [2.05, 4.69) is 52.2 Å². The van der Waals surface area contributed by atoms with Crippen LogP contribution in [0.3, 0.4) is 0 Å². The third-order valence-corrected chi connectivity index (χ3v) is 6.15. The standard InChI is InChI=1S/C28H19Br2N5O3/c29-20-11-15-23(16-12-20)37-27-31-26(32-28(33-27)38-24-17-13-21(30)14-18-24)35(22-9-5-2-6-10-22)34-25(36)19-7-3-1-4-8-19/h1-18H,(H,34,36). The van der Waals surface area contributed by atoms with Gasteiger partial charge >= 0.3 is 12.0 Å². The molecule has 0 aliphatic heterocycles. The maximum Gasteiger partial charge on any atom is 0.330 e. The SMILES string of the molecule is O=C(NN(c1ccccc1)c1nc(Oc2ccc(Br)cc2)nc(Oc2ccc(Br)cc2)n1)c1ccccc1. The molecule has 5 rings (SSSR count). The predicted octanol–water partition coefficient (Wildman–Crippen LogP) is 7.46. The monoisotopic (exact) mass is 631 g/mol. The molecule has 1 N–H and O–H groups in total. The van der Waals surface area contributed by atoms with Crippen molar-refractivity contribution in [3.8, 4) is 23.5 Å². The number of rotatable bonds is 8.